The van der Waals surface area contributed by atoms with Crippen molar-refractivity contribution in [1.82, 2.24) is 0 Å². The molecule has 0 radical (unpaired) electrons. The Morgan fingerprint density at radius 2 is 1.80 bits per heavy atom. The summed E-state index contributed by atoms with van der Waals surface area (Å²) in [6, 6.07) is 2.93. The minimum Gasteiger partial charge on any atom is -0.504 e. The summed E-state index contributed by atoms with van der Waals surface area (Å²) in [4.78, 5) is 0. The predicted molar refractivity (Wildman–Crippen MR) is 56.0 cm³/mol. The molecule has 0 aliphatic heterocycles. The van der Waals surface area contributed by atoms with Crippen LogP contribution in [0.5, 0.6) is 17.2 Å². The molecular formula is C11H15NO3. The van der Waals surface area contributed by atoms with Gasteiger partial charge >= 0.3 is 0 Å². The van der Waals surface area contributed by atoms with Crippen LogP contribution in [-0.4, -0.2) is 21.4 Å². The molecule has 0 aromatic heterocycles. The average Bonchev–Trinajstić information content (AvgIpc) is 2.95. The van der Waals surface area contributed by atoms with Gasteiger partial charge in [0.1, 0.15) is 0 Å². The molecule has 0 saturated heterocycles. The van der Waals surface area contributed by atoms with Gasteiger partial charge in [-0.2, -0.15) is 0 Å². The molecule has 5 N–H and O–H groups in total. The summed E-state index contributed by atoms with van der Waals surface area (Å²) in [5.74, 6) is -1.01. The Morgan fingerprint density at radius 3 is 2.27 bits per heavy atom. The molecule has 0 bridgehead atoms. The zero-order valence-corrected chi connectivity index (χ0v) is 8.57. The van der Waals surface area contributed by atoms with E-state index in [1.165, 1.54) is 6.07 Å². The number of hydrogen-bond donors (Lipinski definition) is 4. The lowest BCUT2D eigenvalue weighted by atomic mass is 9.88. The number of nitrogens with two attached hydrogens (primary N) is 1. The third kappa shape index (κ3) is 1.33. The average molecular weight is 209 g/mol. The second kappa shape index (κ2) is 3.03. The van der Waals surface area contributed by atoms with E-state index in [1.807, 2.05) is 6.92 Å². The number of phenolic OH excluding ortho intramolecular Hbond substituents is 3. The Morgan fingerprint density at radius 1 is 1.20 bits per heavy atom. The smallest absolute Gasteiger partial charge is 0.200 e. The van der Waals surface area contributed by atoms with E-state index in [9.17, 15) is 15.3 Å². The Balaban J connectivity index is 2.51. The van der Waals surface area contributed by atoms with Crippen LogP contribution in [0.1, 0.15) is 25.3 Å². The summed E-state index contributed by atoms with van der Waals surface area (Å²) >= 11 is 0. The van der Waals surface area contributed by atoms with E-state index in [2.05, 4.69) is 0 Å². The minimum atomic E-state index is -0.459. The number of aromatic hydroxyl groups is 3. The van der Waals surface area contributed by atoms with Crippen molar-refractivity contribution < 1.29 is 15.3 Å². The monoisotopic (exact) mass is 209 g/mol. The van der Waals surface area contributed by atoms with Crippen LogP contribution < -0.4 is 5.73 Å². The lowest BCUT2D eigenvalue weighted by molar-refractivity contribution is 0.359. The zero-order chi connectivity index (χ0) is 11.2. The molecule has 1 unspecified atom stereocenters. The Labute approximate surface area is 88.0 Å². The van der Waals surface area contributed by atoms with Gasteiger partial charge in [-0.05, 0) is 25.8 Å². The fourth-order valence-electron chi connectivity index (χ4n) is 2.08. The third-order valence-corrected chi connectivity index (χ3v) is 3.33. The topological polar surface area (TPSA) is 86.7 Å². The van der Waals surface area contributed by atoms with Crippen LogP contribution in [0.3, 0.4) is 0 Å². The second-order valence-corrected chi connectivity index (χ2v) is 4.27. The molecular weight excluding hydrogens is 194 g/mol. The zero-order valence-electron chi connectivity index (χ0n) is 8.57. The first-order chi connectivity index (χ1) is 6.99. The highest BCUT2D eigenvalue weighted by atomic mass is 16.3. The molecule has 15 heavy (non-hydrogen) atoms. The molecule has 0 heterocycles. The molecule has 1 aromatic rings. The number of phenols is 3. The van der Waals surface area contributed by atoms with Gasteiger partial charge in [0.2, 0.25) is 5.75 Å². The molecule has 1 aromatic carbocycles. The maximum atomic E-state index is 9.74. The Bertz CT molecular complexity index is 397. The Kier molecular flexibility index (Phi) is 2.04. The van der Waals surface area contributed by atoms with Gasteiger partial charge in [0.15, 0.2) is 11.5 Å². The standard InChI is InChI=1S/C11H15NO3/c1-6(12)11(4-5-11)7-2-3-8(13)10(15)9(7)14/h2-3,6,13-15H,4-5,12H2,1H3. The summed E-state index contributed by atoms with van der Waals surface area (Å²) in [7, 11) is 0. The fourth-order valence-corrected chi connectivity index (χ4v) is 2.08. The summed E-state index contributed by atoms with van der Waals surface area (Å²) in [6.07, 6.45) is 1.81. The van der Waals surface area contributed by atoms with Gasteiger partial charge < -0.3 is 21.1 Å². The molecule has 82 valence electrons. The lowest BCUT2D eigenvalue weighted by Crippen LogP contribution is -2.31. The number of benzene rings is 1. The molecule has 1 fully saturated rings. The van der Waals surface area contributed by atoms with Gasteiger partial charge in [0.05, 0.1) is 0 Å². The molecule has 1 aliphatic carbocycles. The van der Waals surface area contributed by atoms with Crippen LogP contribution in [-0.2, 0) is 5.41 Å². The summed E-state index contributed by atoms with van der Waals surface area (Å²) in [5, 5.41) is 28.4. The molecule has 1 atom stereocenters. The molecule has 1 aliphatic rings. The van der Waals surface area contributed by atoms with Crippen molar-refractivity contribution in [1.29, 1.82) is 0 Å². The molecule has 2 rings (SSSR count). The van der Waals surface area contributed by atoms with Crippen molar-refractivity contribution in [3.8, 4) is 17.2 Å². The van der Waals surface area contributed by atoms with Crippen LogP contribution in [0.2, 0.25) is 0 Å². The van der Waals surface area contributed by atoms with Gasteiger partial charge in [-0.15, -0.1) is 0 Å². The largest absolute Gasteiger partial charge is 0.504 e. The van der Waals surface area contributed by atoms with E-state index in [-0.39, 0.29) is 23.0 Å². The van der Waals surface area contributed by atoms with E-state index < -0.39 is 5.75 Å². The van der Waals surface area contributed by atoms with Crippen LogP contribution in [0.15, 0.2) is 12.1 Å². The normalized spacial score (nSPS) is 19.9. The van der Waals surface area contributed by atoms with Crippen LogP contribution in [0.4, 0.5) is 0 Å². The van der Waals surface area contributed by atoms with E-state index >= 15 is 0 Å². The highest BCUT2D eigenvalue weighted by molar-refractivity contribution is 5.57. The fraction of sp³-hybridized carbons (Fsp3) is 0.455. The van der Waals surface area contributed by atoms with E-state index in [1.54, 1.807) is 6.07 Å². The minimum absolute atomic E-state index is 0.0765. The van der Waals surface area contributed by atoms with E-state index in [0.717, 1.165) is 12.8 Å². The molecule has 4 nitrogen and oxygen atoms in total. The Hall–Kier alpha value is -1.42. The van der Waals surface area contributed by atoms with Crippen LogP contribution >= 0.6 is 0 Å². The highest BCUT2D eigenvalue weighted by Crippen LogP contribution is 2.55. The quantitative estimate of drug-likeness (QED) is 0.551. The van der Waals surface area contributed by atoms with Crippen molar-refractivity contribution in [3.05, 3.63) is 17.7 Å². The van der Waals surface area contributed by atoms with E-state index in [4.69, 9.17) is 5.73 Å². The highest BCUT2D eigenvalue weighted by Gasteiger charge is 2.49. The van der Waals surface area contributed by atoms with Crippen molar-refractivity contribution in [2.45, 2.75) is 31.2 Å². The second-order valence-electron chi connectivity index (χ2n) is 4.27. The molecule has 1 saturated carbocycles. The van der Waals surface area contributed by atoms with Gasteiger partial charge in [0, 0.05) is 17.0 Å². The van der Waals surface area contributed by atoms with Gasteiger partial charge in [-0.25, -0.2) is 0 Å². The summed E-state index contributed by atoms with van der Waals surface area (Å²) in [5.41, 5.74) is 6.27. The van der Waals surface area contributed by atoms with Crippen molar-refractivity contribution in [2.75, 3.05) is 0 Å². The molecule has 4 heteroatoms. The number of hydrogen-bond acceptors (Lipinski definition) is 4. The number of rotatable bonds is 2. The van der Waals surface area contributed by atoms with E-state index in [0.29, 0.717) is 5.56 Å². The van der Waals surface area contributed by atoms with Gasteiger partial charge in [-0.3, -0.25) is 0 Å². The SMILES string of the molecule is CC(N)C1(c2ccc(O)c(O)c2O)CC1. The van der Waals surface area contributed by atoms with Gasteiger partial charge in [0.25, 0.3) is 0 Å². The lowest BCUT2D eigenvalue weighted by Gasteiger charge is -2.21. The maximum Gasteiger partial charge on any atom is 0.200 e. The van der Waals surface area contributed by atoms with Crippen molar-refractivity contribution in [2.24, 2.45) is 5.73 Å². The molecule has 0 amide bonds. The van der Waals surface area contributed by atoms with Crippen molar-refractivity contribution in [3.63, 3.8) is 0 Å². The first-order valence-corrected chi connectivity index (χ1v) is 4.99. The first-order valence-electron chi connectivity index (χ1n) is 4.99. The van der Waals surface area contributed by atoms with Crippen LogP contribution in [0.25, 0.3) is 0 Å². The first kappa shape index (κ1) is 10.1. The summed E-state index contributed by atoms with van der Waals surface area (Å²) < 4.78 is 0. The maximum absolute atomic E-state index is 9.74. The summed E-state index contributed by atoms with van der Waals surface area (Å²) in [6.45, 7) is 1.89. The van der Waals surface area contributed by atoms with Crippen LogP contribution in [0, 0.1) is 0 Å². The predicted octanol–water partition coefficient (Wildman–Crippen LogP) is 1.18. The van der Waals surface area contributed by atoms with Crippen molar-refractivity contribution >= 4 is 0 Å². The van der Waals surface area contributed by atoms with Gasteiger partial charge in [-0.1, -0.05) is 6.07 Å². The third-order valence-electron chi connectivity index (χ3n) is 3.33. The molecule has 0 spiro atoms.